The molecule has 4 fully saturated rings. The molecule has 0 aromatic heterocycles. The molecule has 8 atom stereocenters. The van der Waals surface area contributed by atoms with Crippen LogP contribution >= 0.6 is 11.8 Å². The number of fused-ring (bicyclic) bond motifs is 1. The van der Waals surface area contributed by atoms with E-state index in [0.717, 1.165) is 71.0 Å². The molecule has 4 rings (SSSR count). The zero-order valence-corrected chi connectivity index (χ0v) is 23.7. The summed E-state index contributed by atoms with van der Waals surface area (Å²) in [5.41, 5.74) is 0. The van der Waals surface area contributed by atoms with Crippen LogP contribution in [0.4, 0.5) is 0 Å². The van der Waals surface area contributed by atoms with Crippen LogP contribution in [0.5, 0.6) is 0 Å². The van der Waals surface area contributed by atoms with Gasteiger partial charge in [-0.25, -0.2) is 0 Å². The van der Waals surface area contributed by atoms with E-state index in [4.69, 9.17) is 24.1 Å². The number of hydrogen-bond donors (Lipinski definition) is 1. The molecule has 1 saturated carbocycles. The Hall–Kier alpha value is -0.600. The molecule has 1 N–H and O–H groups in total. The van der Waals surface area contributed by atoms with Gasteiger partial charge in [-0.2, -0.15) is 11.8 Å². The van der Waals surface area contributed by atoms with E-state index in [1.54, 1.807) is 0 Å². The molecule has 4 aliphatic rings. The van der Waals surface area contributed by atoms with Gasteiger partial charge in [-0.3, -0.25) is 4.79 Å². The lowest BCUT2D eigenvalue weighted by molar-refractivity contribution is -0.192. The minimum absolute atomic E-state index is 0.0578. The van der Waals surface area contributed by atoms with Crippen LogP contribution in [0.15, 0.2) is 12.2 Å². The number of hydrogen-bond acceptors (Lipinski definition) is 6. The molecule has 0 aromatic rings. The van der Waals surface area contributed by atoms with Crippen LogP contribution in [-0.4, -0.2) is 59.6 Å². The van der Waals surface area contributed by atoms with Crippen molar-refractivity contribution in [1.29, 1.82) is 0 Å². The van der Waals surface area contributed by atoms with E-state index < -0.39 is 5.97 Å². The molecule has 0 radical (unpaired) electrons. The molecule has 3 unspecified atom stereocenters. The molecule has 3 aliphatic heterocycles. The van der Waals surface area contributed by atoms with E-state index in [-0.39, 0.29) is 31.2 Å². The van der Waals surface area contributed by atoms with Crippen LogP contribution < -0.4 is 0 Å². The highest BCUT2D eigenvalue weighted by Crippen LogP contribution is 2.53. The Morgan fingerprint density at radius 2 is 1.81 bits per heavy atom. The van der Waals surface area contributed by atoms with Crippen molar-refractivity contribution < 1.29 is 28.8 Å². The molecule has 3 heterocycles. The van der Waals surface area contributed by atoms with Gasteiger partial charge in [-0.1, -0.05) is 44.8 Å². The van der Waals surface area contributed by atoms with Gasteiger partial charge in [-0.15, -0.1) is 0 Å². The predicted molar refractivity (Wildman–Crippen MR) is 148 cm³/mol. The summed E-state index contributed by atoms with van der Waals surface area (Å²) in [5, 5.41) is 10.2. The summed E-state index contributed by atoms with van der Waals surface area (Å²) >= 11 is 2.14. The van der Waals surface area contributed by atoms with Crippen LogP contribution in [0.25, 0.3) is 0 Å². The maximum atomic E-state index is 10.9. The fraction of sp³-hybridized carbons (Fsp3) is 0.900. The van der Waals surface area contributed by atoms with E-state index in [1.165, 1.54) is 38.5 Å². The second-order valence-corrected chi connectivity index (χ2v) is 13.0. The number of rotatable bonds is 15. The molecule has 6 nitrogen and oxygen atoms in total. The minimum atomic E-state index is -0.680. The van der Waals surface area contributed by atoms with Crippen molar-refractivity contribution in [3.8, 4) is 0 Å². The average Bonchev–Trinajstić information content (AvgIpc) is 3.43. The summed E-state index contributed by atoms with van der Waals surface area (Å²) in [4.78, 5) is 10.9. The van der Waals surface area contributed by atoms with Crippen LogP contribution in [0.2, 0.25) is 0 Å². The number of carbonyl (C=O) groups is 1. The van der Waals surface area contributed by atoms with Gasteiger partial charge >= 0.3 is 5.97 Å². The second kappa shape index (κ2) is 15.9. The largest absolute Gasteiger partial charge is 0.481 e. The number of thioether (sulfide) groups is 1. The fourth-order valence-electron chi connectivity index (χ4n) is 6.49. The van der Waals surface area contributed by atoms with Crippen LogP contribution in [0, 0.1) is 11.8 Å². The van der Waals surface area contributed by atoms with Gasteiger partial charge < -0.3 is 24.1 Å². The fourth-order valence-corrected chi connectivity index (χ4v) is 8.41. The zero-order valence-electron chi connectivity index (χ0n) is 22.9. The molecule has 7 heteroatoms. The molecule has 0 amide bonds. The van der Waals surface area contributed by atoms with Gasteiger partial charge in [0, 0.05) is 36.1 Å². The van der Waals surface area contributed by atoms with Crippen molar-refractivity contribution in [2.75, 3.05) is 13.2 Å². The first-order chi connectivity index (χ1) is 18.1. The maximum absolute atomic E-state index is 10.9. The third kappa shape index (κ3) is 9.52. The quantitative estimate of drug-likeness (QED) is 0.176. The second-order valence-electron chi connectivity index (χ2n) is 11.5. The molecule has 0 bridgehead atoms. The van der Waals surface area contributed by atoms with Gasteiger partial charge in [-0.05, 0) is 76.5 Å². The third-order valence-corrected chi connectivity index (χ3v) is 10.2. The lowest BCUT2D eigenvalue weighted by atomic mass is 9.88. The van der Waals surface area contributed by atoms with E-state index >= 15 is 0 Å². The summed E-state index contributed by atoms with van der Waals surface area (Å²) in [6.45, 7) is 3.87. The number of carboxylic acid groups (broad SMARTS) is 1. The number of carboxylic acids is 1. The van der Waals surface area contributed by atoms with E-state index in [2.05, 4.69) is 30.8 Å². The lowest BCUT2D eigenvalue weighted by Crippen LogP contribution is -2.31. The highest BCUT2D eigenvalue weighted by Gasteiger charge is 2.49. The van der Waals surface area contributed by atoms with Crippen molar-refractivity contribution in [2.45, 2.75) is 145 Å². The summed E-state index contributed by atoms with van der Waals surface area (Å²) in [6, 6.07) is 0. The smallest absolute Gasteiger partial charge is 0.303 e. The summed E-state index contributed by atoms with van der Waals surface area (Å²) in [7, 11) is 0. The topological polar surface area (TPSA) is 74.2 Å². The summed E-state index contributed by atoms with van der Waals surface area (Å²) < 4.78 is 25.0. The van der Waals surface area contributed by atoms with Crippen LogP contribution in [0.1, 0.15) is 110 Å². The van der Waals surface area contributed by atoms with Crippen molar-refractivity contribution in [1.82, 2.24) is 0 Å². The number of unbranched alkanes of at least 4 members (excludes halogenated alkanes) is 3. The Balaban J connectivity index is 1.39. The Labute approximate surface area is 228 Å². The Morgan fingerprint density at radius 3 is 2.51 bits per heavy atom. The standard InChI is InChI=1S/C30H50O6S/c1-2-3-4-11-22(35-29-14-7-9-18-33-29)16-17-24-25-20-23(12-5-6-13-28(31)32)37-27(25)21-26(24)36-30-15-8-10-19-34-30/h16-17,22-27,29-30H,2-15,18-21H2,1H3,(H,31,32)/b17-16+/t22-,23?,24+,25+,26+,27+,29?,30?/m0/s1. The van der Waals surface area contributed by atoms with E-state index in [9.17, 15) is 4.79 Å². The molecule has 0 aromatic carbocycles. The first kappa shape index (κ1) is 29.4. The van der Waals surface area contributed by atoms with Crippen molar-refractivity contribution >= 4 is 17.7 Å². The van der Waals surface area contributed by atoms with Crippen LogP contribution in [-0.2, 0) is 23.7 Å². The van der Waals surface area contributed by atoms with Gasteiger partial charge in [0.15, 0.2) is 12.6 Å². The van der Waals surface area contributed by atoms with Gasteiger partial charge in [0.05, 0.1) is 12.2 Å². The minimum Gasteiger partial charge on any atom is -0.481 e. The average molecular weight is 539 g/mol. The van der Waals surface area contributed by atoms with Crippen molar-refractivity contribution in [3.05, 3.63) is 12.2 Å². The van der Waals surface area contributed by atoms with Crippen molar-refractivity contribution in [3.63, 3.8) is 0 Å². The molecular weight excluding hydrogens is 488 g/mol. The SMILES string of the molecule is CCCCC[C@@H](/C=C/[C@@H]1[C@H]2CC(CCCCC(=O)O)S[C@@H]2C[C@H]1OC1CCCCO1)OC1CCCCO1. The van der Waals surface area contributed by atoms with Crippen LogP contribution in [0.3, 0.4) is 0 Å². The van der Waals surface area contributed by atoms with E-state index in [0.29, 0.717) is 22.3 Å². The molecular formula is C30H50O6S. The first-order valence-electron chi connectivity index (χ1n) is 15.2. The molecule has 0 spiro atoms. The Bertz CT molecular complexity index is 690. The predicted octanol–water partition coefficient (Wildman–Crippen LogP) is 7.10. The third-order valence-electron chi connectivity index (χ3n) is 8.50. The zero-order chi connectivity index (χ0) is 25.9. The molecule has 37 heavy (non-hydrogen) atoms. The normalized spacial score (nSPS) is 35.1. The van der Waals surface area contributed by atoms with Gasteiger partial charge in [0.2, 0.25) is 0 Å². The Kier molecular flexibility index (Phi) is 12.6. The summed E-state index contributed by atoms with van der Waals surface area (Å²) in [5.74, 6) is 0.318. The van der Waals surface area contributed by atoms with Gasteiger partial charge in [0.1, 0.15) is 0 Å². The summed E-state index contributed by atoms with van der Waals surface area (Å²) in [6.07, 6.45) is 21.8. The first-order valence-corrected chi connectivity index (χ1v) is 16.2. The molecule has 1 aliphatic carbocycles. The lowest BCUT2D eigenvalue weighted by Gasteiger charge is -2.30. The highest BCUT2D eigenvalue weighted by atomic mass is 32.2. The monoisotopic (exact) mass is 538 g/mol. The molecule has 212 valence electrons. The van der Waals surface area contributed by atoms with E-state index in [1.807, 2.05) is 0 Å². The van der Waals surface area contributed by atoms with Crippen molar-refractivity contribution in [2.24, 2.45) is 11.8 Å². The molecule has 3 saturated heterocycles. The highest BCUT2D eigenvalue weighted by molar-refractivity contribution is 8.00. The Morgan fingerprint density at radius 1 is 1.03 bits per heavy atom. The van der Waals surface area contributed by atoms with Gasteiger partial charge in [0.25, 0.3) is 0 Å². The number of ether oxygens (including phenoxy) is 4. The maximum Gasteiger partial charge on any atom is 0.303 e. The number of aliphatic carboxylic acids is 1.